The summed E-state index contributed by atoms with van der Waals surface area (Å²) >= 11 is 0. The minimum atomic E-state index is -0.313. The van der Waals surface area contributed by atoms with E-state index >= 15 is 0 Å². The van der Waals surface area contributed by atoms with Gasteiger partial charge in [-0.3, -0.25) is 9.59 Å². The van der Waals surface area contributed by atoms with Crippen LogP contribution in [0.1, 0.15) is 92.9 Å². The van der Waals surface area contributed by atoms with E-state index in [4.69, 9.17) is 0 Å². The molecule has 0 saturated carbocycles. The van der Waals surface area contributed by atoms with Gasteiger partial charge in [-0.15, -0.1) is 0 Å². The molecule has 246 valence electrons. The number of hydrogen-bond acceptors (Lipinski definition) is 4. The lowest BCUT2D eigenvalue weighted by atomic mass is 9.75. The van der Waals surface area contributed by atoms with E-state index in [0.717, 1.165) is 44.5 Å². The first-order valence-corrected chi connectivity index (χ1v) is 16.1. The maximum atomic E-state index is 13.4. The topological polar surface area (TPSA) is 98.7 Å². The number of nitrogens with one attached hydrogen (secondary N) is 2. The van der Waals surface area contributed by atoms with Gasteiger partial charge < -0.3 is 20.8 Å². The van der Waals surface area contributed by atoms with Gasteiger partial charge in [-0.2, -0.15) is 0 Å². The minimum Gasteiger partial charge on any atom is -0.508 e. The van der Waals surface area contributed by atoms with Gasteiger partial charge in [0.25, 0.3) is 11.8 Å². The second-order valence-electron chi connectivity index (χ2n) is 13.8. The van der Waals surface area contributed by atoms with Gasteiger partial charge in [-0.05, 0) is 127 Å². The highest BCUT2D eigenvalue weighted by molar-refractivity contribution is 6.09. The molecule has 48 heavy (non-hydrogen) atoms. The van der Waals surface area contributed by atoms with Gasteiger partial charge >= 0.3 is 0 Å². The molecular formula is C42H44N2O4. The van der Waals surface area contributed by atoms with Crippen LogP contribution >= 0.6 is 0 Å². The van der Waals surface area contributed by atoms with Crippen LogP contribution in [0.25, 0.3) is 0 Å². The third kappa shape index (κ3) is 6.84. The van der Waals surface area contributed by atoms with Crippen molar-refractivity contribution < 1.29 is 19.8 Å². The molecule has 0 atom stereocenters. The van der Waals surface area contributed by atoms with Crippen molar-refractivity contribution in [2.24, 2.45) is 0 Å². The molecule has 6 nitrogen and oxygen atoms in total. The summed E-state index contributed by atoms with van der Waals surface area (Å²) in [5, 5.41) is 25.6. The summed E-state index contributed by atoms with van der Waals surface area (Å²) in [4.78, 5) is 26.9. The second-order valence-corrected chi connectivity index (χ2v) is 13.8. The fraction of sp³-hybridized carbons (Fsp3) is 0.238. The summed E-state index contributed by atoms with van der Waals surface area (Å²) in [6.07, 6.45) is 0. The number of hydrogen-bond donors (Lipinski definition) is 4. The molecule has 0 aliphatic carbocycles. The number of phenols is 2. The molecule has 2 amide bonds. The Morgan fingerprint density at radius 1 is 0.500 bits per heavy atom. The second kappa shape index (κ2) is 13.0. The average Bonchev–Trinajstić information content (AvgIpc) is 3.04. The Labute approximate surface area is 283 Å². The van der Waals surface area contributed by atoms with Crippen LogP contribution in [-0.2, 0) is 10.8 Å². The largest absolute Gasteiger partial charge is 0.508 e. The number of rotatable bonds is 8. The molecule has 0 heterocycles. The van der Waals surface area contributed by atoms with Gasteiger partial charge in [0.05, 0.1) is 0 Å². The van der Waals surface area contributed by atoms with E-state index in [9.17, 15) is 19.8 Å². The molecule has 0 radical (unpaired) electrons. The molecule has 0 bridgehead atoms. The first kappa shape index (κ1) is 34.0. The van der Waals surface area contributed by atoms with Gasteiger partial charge in [0.2, 0.25) is 0 Å². The minimum absolute atomic E-state index is 0.230. The maximum Gasteiger partial charge on any atom is 0.255 e. The van der Waals surface area contributed by atoms with Crippen LogP contribution < -0.4 is 10.6 Å². The molecule has 5 rings (SSSR count). The van der Waals surface area contributed by atoms with Gasteiger partial charge in [-0.25, -0.2) is 0 Å². The van der Waals surface area contributed by atoms with Crippen LogP contribution in [0.5, 0.6) is 11.5 Å². The highest BCUT2D eigenvalue weighted by atomic mass is 16.3. The zero-order valence-electron chi connectivity index (χ0n) is 28.9. The molecule has 5 aromatic rings. The first-order chi connectivity index (χ1) is 22.6. The van der Waals surface area contributed by atoms with Crippen molar-refractivity contribution >= 4 is 23.2 Å². The molecule has 0 fully saturated rings. The number of phenolic OH excluding ortho intramolecular Hbond substituents is 2. The lowest BCUT2D eigenvalue weighted by Gasteiger charge is -2.29. The van der Waals surface area contributed by atoms with Crippen LogP contribution in [0.15, 0.2) is 97.1 Å². The molecule has 0 saturated heterocycles. The number of carbonyl (C=O) groups excluding carboxylic acids is 2. The van der Waals surface area contributed by atoms with Crippen LogP contribution in [0.4, 0.5) is 11.4 Å². The smallest absolute Gasteiger partial charge is 0.255 e. The van der Waals surface area contributed by atoms with E-state index in [2.05, 4.69) is 50.5 Å². The lowest BCUT2D eigenvalue weighted by Crippen LogP contribution is -2.21. The quantitative estimate of drug-likeness (QED) is 0.136. The van der Waals surface area contributed by atoms with E-state index in [-0.39, 0.29) is 34.1 Å². The van der Waals surface area contributed by atoms with Crippen molar-refractivity contribution in [3.8, 4) is 11.5 Å². The van der Waals surface area contributed by atoms with Crippen molar-refractivity contribution in [1.29, 1.82) is 0 Å². The number of benzene rings is 5. The van der Waals surface area contributed by atoms with E-state index < -0.39 is 0 Å². The predicted octanol–water partition coefficient (Wildman–Crippen LogP) is 9.49. The highest BCUT2D eigenvalue weighted by Gasteiger charge is 2.27. The van der Waals surface area contributed by atoms with Crippen LogP contribution in [0.3, 0.4) is 0 Å². The van der Waals surface area contributed by atoms with Crippen LogP contribution in [0.2, 0.25) is 0 Å². The van der Waals surface area contributed by atoms with Gasteiger partial charge in [0.1, 0.15) is 11.5 Å². The Bertz CT molecular complexity index is 1860. The summed E-state index contributed by atoms with van der Waals surface area (Å²) < 4.78 is 0. The number of aromatic hydroxyl groups is 2. The Balaban J connectivity index is 1.33. The van der Waals surface area contributed by atoms with Gasteiger partial charge in [-0.1, -0.05) is 70.2 Å². The Morgan fingerprint density at radius 3 is 1.21 bits per heavy atom. The zero-order chi connectivity index (χ0) is 35.0. The van der Waals surface area contributed by atoms with Crippen molar-refractivity contribution in [3.05, 3.63) is 153 Å². The summed E-state index contributed by atoms with van der Waals surface area (Å²) in [6, 6.07) is 29.4. The van der Waals surface area contributed by atoms with Gasteiger partial charge in [0, 0.05) is 33.3 Å². The fourth-order valence-corrected chi connectivity index (χ4v) is 6.51. The molecule has 6 heteroatoms. The number of anilines is 2. The molecular weight excluding hydrogens is 596 g/mol. The van der Waals surface area contributed by atoms with Crippen molar-refractivity contribution in [2.75, 3.05) is 10.6 Å². The summed E-state index contributed by atoms with van der Waals surface area (Å²) in [7, 11) is 0. The summed E-state index contributed by atoms with van der Waals surface area (Å²) in [5.41, 5.74) is 9.88. The van der Waals surface area contributed by atoms with Crippen molar-refractivity contribution in [3.63, 3.8) is 0 Å². The molecule has 4 N–H and O–H groups in total. The molecule has 5 aromatic carbocycles. The standard InChI is InChI=1S/C42H44N2O4/c1-25-22-37(27(3)20-35(25)41(5,6)31-12-16-33(45)17-13-31)43-39(47)29-10-9-11-30(24-29)40(48)44-38-23-26(2)36(21-28(38)4)42(7,8)32-14-18-34(46)19-15-32/h9-24,45-46H,1-8H3,(H,43,47)(H,44,48). The number of carbonyl (C=O) groups is 2. The summed E-state index contributed by atoms with van der Waals surface area (Å²) in [5.74, 6) is -0.141. The van der Waals surface area contributed by atoms with Gasteiger partial charge in [0.15, 0.2) is 0 Å². The predicted molar refractivity (Wildman–Crippen MR) is 195 cm³/mol. The Morgan fingerprint density at radius 2 is 0.854 bits per heavy atom. The lowest BCUT2D eigenvalue weighted by molar-refractivity contribution is 0.102. The molecule has 0 spiro atoms. The Kier molecular flexibility index (Phi) is 9.23. The SMILES string of the molecule is Cc1cc(C(C)(C)c2ccc(O)cc2)c(C)cc1NC(=O)c1cccc(C(=O)Nc2cc(C)c(C(C)(C)c3ccc(O)cc3)cc2C)c1. The third-order valence-electron chi connectivity index (χ3n) is 9.55. The van der Waals surface area contributed by atoms with Crippen molar-refractivity contribution in [1.82, 2.24) is 0 Å². The number of aryl methyl sites for hydroxylation is 4. The first-order valence-electron chi connectivity index (χ1n) is 16.1. The fourth-order valence-electron chi connectivity index (χ4n) is 6.51. The zero-order valence-corrected chi connectivity index (χ0v) is 28.9. The average molecular weight is 641 g/mol. The van der Waals surface area contributed by atoms with E-state index in [1.165, 1.54) is 0 Å². The number of amides is 2. The van der Waals surface area contributed by atoms with E-state index in [1.54, 1.807) is 48.5 Å². The van der Waals surface area contributed by atoms with Crippen LogP contribution in [0, 0.1) is 27.7 Å². The normalized spacial score (nSPS) is 11.7. The van der Waals surface area contributed by atoms with Crippen molar-refractivity contribution in [2.45, 2.75) is 66.2 Å². The molecule has 0 aromatic heterocycles. The Hall–Kier alpha value is -5.36. The molecule has 0 unspecified atom stereocenters. The monoisotopic (exact) mass is 640 g/mol. The third-order valence-corrected chi connectivity index (χ3v) is 9.55. The van der Waals surface area contributed by atoms with Crippen LogP contribution in [-0.4, -0.2) is 22.0 Å². The highest BCUT2D eigenvalue weighted by Crippen LogP contribution is 2.38. The molecule has 0 aliphatic heterocycles. The maximum absolute atomic E-state index is 13.4. The molecule has 0 aliphatic rings. The van der Waals surface area contributed by atoms with E-state index in [1.807, 2.05) is 64.1 Å². The van der Waals surface area contributed by atoms with E-state index in [0.29, 0.717) is 22.5 Å². The summed E-state index contributed by atoms with van der Waals surface area (Å²) in [6.45, 7) is 16.6.